The van der Waals surface area contributed by atoms with Crippen LogP contribution in [0.5, 0.6) is 0 Å². The largest absolute Gasteiger partial charge is 0.354 e. The molecule has 1 aromatic rings. The zero-order valence-electron chi connectivity index (χ0n) is 8.54. The highest BCUT2D eigenvalue weighted by molar-refractivity contribution is 5.23. The van der Waals surface area contributed by atoms with Gasteiger partial charge < -0.3 is 5.32 Å². The first-order valence-electron chi connectivity index (χ1n) is 5.24. The first kappa shape index (κ1) is 10.1. The summed E-state index contributed by atoms with van der Waals surface area (Å²) in [6.45, 7) is 0.817. The average Bonchev–Trinajstić information content (AvgIpc) is 2.74. The van der Waals surface area contributed by atoms with Crippen LogP contribution in [-0.2, 0) is 0 Å². The Morgan fingerprint density at radius 1 is 1.33 bits per heavy atom. The van der Waals surface area contributed by atoms with Crippen LogP contribution in [0.25, 0.3) is 0 Å². The van der Waals surface area contributed by atoms with Gasteiger partial charge in [0.15, 0.2) is 5.82 Å². The van der Waals surface area contributed by atoms with Gasteiger partial charge in [-0.3, -0.25) is 0 Å². The Hall–Kier alpha value is -1.45. The van der Waals surface area contributed by atoms with Crippen LogP contribution in [0.2, 0.25) is 0 Å². The number of anilines is 1. The molecule has 4 heteroatoms. The molecule has 0 bridgehead atoms. The molecule has 0 radical (unpaired) electrons. The molecule has 0 fully saturated rings. The number of allylic oxidation sites excluding steroid dienone is 1. The summed E-state index contributed by atoms with van der Waals surface area (Å²) >= 11 is 0. The molecule has 0 amide bonds. The maximum Gasteiger partial charge on any atom is 0.222 e. The van der Waals surface area contributed by atoms with Crippen molar-refractivity contribution in [2.75, 3.05) is 11.9 Å². The summed E-state index contributed by atoms with van der Waals surface area (Å²) in [5, 5.41) is 3.07. The van der Waals surface area contributed by atoms with E-state index in [1.54, 1.807) is 0 Å². The smallest absolute Gasteiger partial charge is 0.222 e. The number of aromatic nitrogens is 2. The van der Waals surface area contributed by atoms with Crippen molar-refractivity contribution in [2.24, 2.45) is 0 Å². The van der Waals surface area contributed by atoms with Crippen LogP contribution in [-0.4, -0.2) is 16.5 Å². The Morgan fingerprint density at radius 2 is 2.13 bits per heavy atom. The predicted molar refractivity (Wildman–Crippen MR) is 57.0 cm³/mol. The minimum absolute atomic E-state index is 0.404. The summed E-state index contributed by atoms with van der Waals surface area (Å²) in [4.78, 5) is 7.65. The molecule has 0 spiro atoms. The molecule has 80 valence electrons. The van der Waals surface area contributed by atoms with E-state index in [-0.39, 0.29) is 0 Å². The SMILES string of the molecule is Fc1cnc(NCCC2=CCCC2)nc1. The maximum atomic E-state index is 12.5. The number of hydrogen-bond donors (Lipinski definition) is 1. The molecule has 15 heavy (non-hydrogen) atoms. The Morgan fingerprint density at radius 3 is 2.80 bits per heavy atom. The highest BCUT2D eigenvalue weighted by Gasteiger charge is 2.04. The standard InChI is InChI=1S/C11H14FN3/c12-10-7-14-11(15-8-10)13-6-5-9-3-1-2-4-9/h3,7-8H,1-2,4-6H2,(H,13,14,15). The normalized spacial score (nSPS) is 15.1. The molecule has 0 unspecified atom stereocenters. The Kier molecular flexibility index (Phi) is 3.27. The van der Waals surface area contributed by atoms with Crippen LogP contribution < -0.4 is 5.32 Å². The lowest BCUT2D eigenvalue weighted by Crippen LogP contribution is -2.05. The second kappa shape index (κ2) is 4.87. The van der Waals surface area contributed by atoms with E-state index < -0.39 is 5.82 Å². The van der Waals surface area contributed by atoms with Crippen LogP contribution in [0, 0.1) is 5.82 Å². The van der Waals surface area contributed by atoms with Gasteiger partial charge >= 0.3 is 0 Å². The molecule has 2 rings (SSSR count). The lowest BCUT2D eigenvalue weighted by atomic mass is 10.2. The Bertz CT molecular complexity index is 345. The van der Waals surface area contributed by atoms with Crippen molar-refractivity contribution in [3.05, 3.63) is 29.9 Å². The maximum absolute atomic E-state index is 12.5. The van der Waals surface area contributed by atoms with Gasteiger partial charge in [-0.1, -0.05) is 11.6 Å². The van der Waals surface area contributed by atoms with Crippen molar-refractivity contribution in [1.82, 2.24) is 9.97 Å². The zero-order chi connectivity index (χ0) is 10.5. The van der Waals surface area contributed by atoms with E-state index in [2.05, 4.69) is 21.4 Å². The van der Waals surface area contributed by atoms with E-state index in [9.17, 15) is 4.39 Å². The fraction of sp³-hybridized carbons (Fsp3) is 0.455. The van der Waals surface area contributed by atoms with Crippen LogP contribution in [0.3, 0.4) is 0 Å². The van der Waals surface area contributed by atoms with Gasteiger partial charge in [0.1, 0.15) is 0 Å². The molecule has 1 aliphatic carbocycles. The molecule has 0 saturated heterocycles. The van der Waals surface area contributed by atoms with Crippen molar-refractivity contribution in [2.45, 2.75) is 25.7 Å². The summed E-state index contributed by atoms with van der Waals surface area (Å²) in [6, 6.07) is 0. The fourth-order valence-electron chi connectivity index (χ4n) is 1.70. The lowest BCUT2D eigenvalue weighted by Gasteiger charge is -2.04. The highest BCUT2D eigenvalue weighted by atomic mass is 19.1. The highest BCUT2D eigenvalue weighted by Crippen LogP contribution is 2.20. The van der Waals surface area contributed by atoms with Gasteiger partial charge in [-0.15, -0.1) is 0 Å². The lowest BCUT2D eigenvalue weighted by molar-refractivity contribution is 0.614. The average molecular weight is 207 g/mol. The van der Waals surface area contributed by atoms with Gasteiger partial charge in [-0.25, -0.2) is 14.4 Å². The third kappa shape index (κ3) is 3.01. The van der Waals surface area contributed by atoms with Gasteiger partial charge in [0.25, 0.3) is 0 Å². The number of hydrogen-bond acceptors (Lipinski definition) is 3. The molecule has 0 aromatic carbocycles. The summed E-state index contributed by atoms with van der Waals surface area (Å²) in [5.41, 5.74) is 1.50. The van der Waals surface area contributed by atoms with Crippen molar-refractivity contribution in [3.8, 4) is 0 Å². The second-order valence-electron chi connectivity index (χ2n) is 3.66. The molecule has 1 N–H and O–H groups in total. The van der Waals surface area contributed by atoms with Gasteiger partial charge in [0.05, 0.1) is 12.4 Å². The third-order valence-electron chi connectivity index (χ3n) is 2.48. The molecule has 1 aliphatic rings. The minimum atomic E-state index is -0.404. The molecule has 1 heterocycles. The Balaban J connectivity index is 1.75. The molecule has 0 saturated carbocycles. The quantitative estimate of drug-likeness (QED) is 0.771. The van der Waals surface area contributed by atoms with Crippen molar-refractivity contribution < 1.29 is 4.39 Å². The molecule has 1 aromatic heterocycles. The Labute approximate surface area is 88.4 Å². The zero-order valence-corrected chi connectivity index (χ0v) is 8.54. The molecular weight excluding hydrogens is 193 g/mol. The van der Waals surface area contributed by atoms with Crippen LogP contribution in [0.1, 0.15) is 25.7 Å². The van der Waals surface area contributed by atoms with E-state index in [1.165, 1.54) is 37.2 Å². The minimum Gasteiger partial charge on any atom is -0.354 e. The summed E-state index contributed by atoms with van der Waals surface area (Å²) in [5.74, 6) is 0.0917. The van der Waals surface area contributed by atoms with E-state index in [4.69, 9.17) is 0 Å². The topological polar surface area (TPSA) is 37.8 Å². The van der Waals surface area contributed by atoms with E-state index >= 15 is 0 Å². The van der Waals surface area contributed by atoms with E-state index in [0.29, 0.717) is 5.95 Å². The molecular formula is C11H14FN3. The number of halogens is 1. The second-order valence-corrected chi connectivity index (χ2v) is 3.66. The third-order valence-corrected chi connectivity index (χ3v) is 2.48. The molecule has 3 nitrogen and oxygen atoms in total. The summed E-state index contributed by atoms with van der Waals surface area (Å²) in [7, 11) is 0. The van der Waals surface area contributed by atoms with Crippen molar-refractivity contribution >= 4 is 5.95 Å². The monoisotopic (exact) mass is 207 g/mol. The first-order chi connectivity index (χ1) is 7.34. The van der Waals surface area contributed by atoms with Crippen LogP contribution in [0.4, 0.5) is 10.3 Å². The first-order valence-corrected chi connectivity index (χ1v) is 5.24. The van der Waals surface area contributed by atoms with Crippen molar-refractivity contribution in [3.63, 3.8) is 0 Å². The van der Waals surface area contributed by atoms with Crippen molar-refractivity contribution in [1.29, 1.82) is 0 Å². The van der Waals surface area contributed by atoms with E-state index in [0.717, 1.165) is 13.0 Å². The summed E-state index contributed by atoms with van der Waals surface area (Å²) < 4.78 is 12.5. The molecule has 0 atom stereocenters. The molecule has 0 aliphatic heterocycles. The number of nitrogens with one attached hydrogen (secondary N) is 1. The number of rotatable bonds is 4. The van der Waals surface area contributed by atoms with Gasteiger partial charge in [0, 0.05) is 6.54 Å². The fourth-order valence-corrected chi connectivity index (χ4v) is 1.70. The van der Waals surface area contributed by atoms with Gasteiger partial charge in [-0.2, -0.15) is 0 Å². The predicted octanol–water partition coefficient (Wildman–Crippen LogP) is 2.53. The van der Waals surface area contributed by atoms with Crippen LogP contribution in [0.15, 0.2) is 24.0 Å². The number of nitrogens with zero attached hydrogens (tertiary/aromatic N) is 2. The van der Waals surface area contributed by atoms with E-state index in [1.807, 2.05) is 0 Å². The van der Waals surface area contributed by atoms with Gasteiger partial charge in [0.2, 0.25) is 5.95 Å². The van der Waals surface area contributed by atoms with Crippen LogP contribution >= 0.6 is 0 Å². The van der Waals surface area contributed by atoms with Gasteiger partial charge in [-0.05, 0) is 25.7 Å². The summed E-state index contributed by atoms with van der Waals surface area (Å²) in [6.07, 6.45) is 9.37.